The van der Waals surface area contributed by atoms with Crippen LogP contribution in [0.15, 0.2) is 59.7 Å². The van der Waals surface area contributed by atoms with E-state index in [0.29, 0.717) is 16.2 Å². The van der Waals surface area contributed by atoms with Crippen molar-refractivity contribution in [1.82, 2.24) is 9.38 Å². The predicted octanol–water partition coefficient (Wildman–Crippen LogP) is 3.01. The van der Waals surface area contributed by atoms with Crippen molar-refractivity contribution in [1.29, 1.82) is 0 Å². The Morgan fingerprint density at radius 1 is 1.06 bits per heavy atom. The topological polar surface area (TPSA) is 34.4 Å². The molecule has 0 aliphatic rings. The van der Waals surface area contributed by atoms with Gasteiger partial charge in [-0.3, -0.25) is 9.20 Å². The highest BCUT2D eigenvalue weighted by Crippen LogP contribution is 2.18. The Hall–Kier alpha value is -2.13. The van der Waals surface area contributed by atoms with E-state index in [9.17, 15) is 4.79 Å². The zero-order valence-corrected chi connectivity index (χ0v) is 10.1. The molecule has 0 unspecified atom stereocenters. The van der Waals surface area contributed by atoms with Crippen LogP contribution in [0, 0.1) is 0 Å². The van der Waals surface area contributed by atoms with Gasteiger partial charge in [-0.1, -0.05) is 29.8 Å². The number of rotatable bonds is 1. The van der Waals surface area contributed by atoms with Crippen molar-refractivity contribution in [3.63, 3.8) is 0 Å². The Labute approximate surface area is 108 Å². The van der Waals surface area contributed by atoms with Gasteiger partial charge < -0.3 is 0 Å². The smallest absolute Gasteiger partial charge is 0.265 e. The minimum Gasteiger partial charge on any atom is -0.268 e. The maximum absolute atomic E-state index is 12.3. The van der Waals surface area contributed by atoms with Crippen molar-refractivity contribution in [3.8, 4) is 11.1 Å². The van der Waals surface area contributed by atoms with Gasteiger partial charge in [0.05, 0.1) is 5.56 Å². The maximum Gasteiger partial charge on any atom is 0.265 e. The van der Waals surface area contributed by atoms with E-state index in [2.05, 4.69) is 4.98 Å². The van der Waals surface area contributed by atoms with Gasteiger partial charge in [0.15, 0.2) is 0 Å². The highest BCUT2D eigenvalue weighted by Gasteiger charge is 2.06. The second kappa shape index (κ2) is 4.27. The molecule has 2 aromatic heterocycles. The van der Waals surface area contributed by atoms with Gasteiger partial charge in [0.25, 0.3) is 5.56 Å². The number of hydrogen-bond donors (Lipinski definition) is 0. The van der Waals surface area contributed by atoms with Crippen LogP contribution in [-0.2, 0) is 0 Å². The number of hydrogen-bond acceptors (Lipinski definition) is 2. The van der Waals surface area contributed by atoms with Crippen LogP contribution in [-0.4, -0.2) is 9.38 Å². The van der Waals surface area contributed by atoms with Crippen LogP contribution in [0.4, 0.5) is 0 Å². The zero-order valence-electron chi connectivity index (χ0n) is 9.38. The minimum atomic E-state index is -0.0806. The Kier molecular flexibility index (Phi) is 2.61. The molecule has 3 rings (SSSR count). The molecule has 3 aromatic rings. The van der Waals surface area contributed by atoms with E-state index >= 15 is 0 Å². The summed E-state index contributed by atoms with van der Waals surface area (Å²) in [5.41, 5.74) is 1.94. The molecule has 0 radical (unpaired) electrons. The average molecular weight is 257 g/mol. The molecule has 1 aromatic carbocycles. The molecule has 4 heteroatoms. The fourth-order valence-electron chi connectivity index (χ4n) is 1.85. The quantitative estimate of drug-likeness (QED) is 0.671. The summed E-state index contributed by atoms with van der Waals surface area (Å²) in [5.74, 6) is 0. The average Bonchev–Trinajstić information content (AvgIpc) is 2.41. The van der Waals surface area contributed by atoms with Crippen LogP contribution >= 0.6 is 11.6 Å². The van der Waals surface area contributed by atoms with Crippen molar-refractivity contribution in [2.45, 2.75) is 0 Å². The Bertz CT molecular complexity index is 763. The van der Waals surface area contributed by atoms with E-state index in [-0.39, 0.29) is 5.56 Å². The molecule has 0 aliphatic heterocycles. The van der Waals surface area contributed by atoms with Gasteiger partial charge in [0.2, 0.25) is 0 Å². The molecular formula is C14H9ClN2O. The van der Waals surface area contributed by atoms with E-state index in [1.165, 1.54) is 4.40 Å². The molecule has 88 valence electrons. The number of benzene rings is 1. The van der Waals surface area contributed by atoms with Crippen molar-refractivity contribution in [2.24, 2.45) is 0 Å². The first kappa shape index (κ1) is 11.0. The van der Waals surface area contributed by atoms with Crippen LogP contribution in [0.25, 0.3) is 16.8 Å². The number of pyridine rings is 1. The third-order valence-corrected chi connectivity index (χ3v) is 3.02. The lowest BCUT2D eigenvalue weighted by Gasteiger charge is -2.04. The third-order valence-electron chi connectivity index (χ3n) is 2.77. The standard InChI is InChI=1S/C14H9ClN2O/c15-11-6-4-10(5-7-11)12-9-16-13-3-1-2-8-17(13)14(12)18/h1-9H. The van der Waals surface area contributed by atoms with Crippen LogP contribution in [0.1, 0.15) is 0 Å². The lowest BCUT2D eigenvalue weighted by Crippen LogP contribution is -2.16. The van der Waals surface area contributed by atoms with E-state index in [0.717, 1.165) is 5.56 Å². The normalized spacial score (nSPS) is 10.7. The molecule has 3 nitrogen and oxygen atoms in total. The van der Waals surface area contributed by atoms with Gasteiger partial charge in [-0.2, -0.15) is 0 Å². The Morgan fingerprint density at radius 2 is 1.83 bits per heavy atom. The molecule has 0 bridgehead atoms. The molecule has 2 heterocycles. The molecule has 0 saturated heterocycles. The maximum atomic E-state index is 12.3. The van der Waals surface area contributed by atoms with Crippen LogP contribution in [0.5, 0.6) is 0 Å². The van der Waals surface area contributed by atoms with Crippen molar-refractivity contribution < 1.29 is 0 Å². The number of fused-ring (bicyclic) bond motifs is 1. The molecule has 0 spiro atoms. The van der Waals surface area contributed by atoms with E-state index in [4.69, 9.17) is 11.6 Å². The fraction of sp³-hybridized carbons (Fsp3) is 0. The molecule has 0 fully saturated rings. The molecule has 0 saturated carbocycles. The van der Waals surface area contributed by atoms with Gasteiger partial charge in [-0.25, -0.2) is 4.98 Å². The van der Waals surface area contributed by atoms with E-state index in [1.807, 2.05) is 24.3 Å². The monoisotopic (exact) mass is 256 g/mol. The highest BCUT2D eigenvalue weighted by molar-refractivity contribution is 6.30. The summed E-state index contributed by atoms with van der Waals surface area (Å²) in [6.45, 7) is 0. The van der Waals surface area contributed by atoms with E-state index < -0.39 is 0 Å². The summed E-state index contributed by atoms with van der Waals surface area (Å²) < 4.78 is 1.53. The highest BCUT2D eigenvalue weighted by atomic mass is 35.5. The third kappa shape index (κ3) is 1.79. The Morgan fingerprint density at radius 3 is 2.61 bits per heavy atom. The lowest BCUT2D eigenvalue weighted by atomic mass is 10.1. The number of halogens is 1. The van der Waals surface area contributed by atoms with Crippen molar-refractivity contribution in [2.75, 3.05) is 0 Å². The second-order valence-electron chi connectivity index (χ2n) is 3.91. The van der Waals surface area contributed by atoms with Gasteiger partial charge in [-0.15, -0.1) is 0 Å². The van der Waals surface area contributed by atoms with Gasteiger partial charge >= 0.3 is 0 Å². The van der Waals surface area contributed by atoms with Gasteiger partial charge in [-0.05, 0) is 29.8 Å². The zero-order chi connectivity index (χ0) is 12.5. The van der Waals surface area contributed by atoms with Gasteiger partial charge in [0, 0.05) is 17.4 Å². The van der Waals surface area contributed by atoms with Crippen LogP contribution < -0.4 is 5.56 Å². The summed E-state index contributed by atoms with van der Waals surface area (Å²) in [5, 5.41) is 0.646. The van der Waals surface area contributed by atoms with Gasteiger partial charge in [0.1, 0.15) is 5.65 Å². The molecule has 0 aliphatic carbocycles. The number of nitrogens with zero attached hydrogens (tertiary/aromatic N) is 2. The fourth-order valence-corrected chi connectivity index (χ4v) is 1.98. The minimum absolute atomic E-state index is 0.0806. The Balaban J connectivity index is 2.27. The van der Waals surface area contributed by atoms with Crippen LogP contribution in [0.2, 0.25) is 5.02 Å². The first-order valence-corrected chi connectivity index (χ1v) is 5.86. The van der Waals surface area contributed by atoms with E-state index in [1.54, 1.807) is 30.6 Å². The molecule has 0 amide bonds. The summed E-state index contributed by atoms with van der Waals surface area (Å²) in [7, 11) is 0. The first-order chi connectivity index (χ1) is 8.75. The summed E-state index contributed by atoms with van der Waals surface area (Å²) in [4.78, 5) is 16.6. The summed E-state index contributed by atoms with van der Waals surface area (Å²) >= 11 is 5.84. The molecule has 0 atom stereocenters. The summed E-state index contributed by atoms with van der Waals surface area (Å²) in [6.07, 6.45) is 3.31. The SMILES string of the molecule is O=c1c(-c2ccc(Cl)cc2)cnc2ccccn12. The second-order valence-corrected chi connectivity index (χ2v) is 4.35. The molecular weight excluding hydrogens is 248 g/mol. The van der Waals surface area contributed by atoms with Crippen molar-refractivity contribution >= 4 is 17.2 Å². The molecule has 18 heavy (non-hydrogen) atoms. The summed E-state index contributed by atoms with van der Waals surface area (Å²) in [6, 6.07) is 12.6. The lowest BCUT2D eigenvalue weighted by molar-refractivity contribution is 1.05. The first-order valence-electron chi connectivity index (χ1n) is 5.48. The van der Waals surface area contributed by atoms with Crippen LogP contribution in [0.3, 0.4) is 0 Å². The largest absolute Gasteiger partial charge is 0.268 e. The number of aromatic nitrogens is 2. The molecule has 0 N–H and O–H groups in total. The van der Waals surface area contributed by atoms with Crippen molar-refractivity contribution in [3.05, 3.63) is 70.2 Å². The predicted molar refractivity (Wildman–Crippen MR) is 71.9 cm³/mol.